The molecule has 150 valence electrons. The summed E-state index contributed by atoms with van der Waals surface area (Å²) in [7, 11) is 0. The van der Waals surface area contributed by atoms with Crippen molar-refractivity contribution in [3.63, 3.8) is 0 Å². The molecule has 7 heteroatoms. The summed E-state index contributed by atoms with van der Waals surface area (Å²) in [6.45, 7) is 7.53. The number of halogens is 1. The fourth-order valence-corrected chi connectivity index (χ4v) is 3.61. The van der Waals surface area contributed by atoms with Gasteiger partial charge in [0.1, 0.15) is 0 Å². The standard InChI is InChI=1S/C22H23ClN4O2/c1-15-4-3-5-19(16(15)2)22(28)27-12-10-26(11-13-27)14-20-24-21(25-29-20)17-6-8-18(23)9-7-17/h3-9H,10-14H2,1-2H3. The molecule has 1 amide bonds. The maximum absolute atomic E-state index is 12.9. The van der Waals surface area contributed by atoms with E-state index in [1.807, 2.05) is 49.1 Å². The second-order valence-corrected chi connectivity index (χ2v) is 7.77. The summed E-state index contributed by atoms with van der Waals surface area (Å²) < 4.78 is 5.41. The first-order chi connectivity index (χ1) is 14.0. The van der Waals surface area contributed by atoms with Gasteiger partial charge in [-0.05, 0) is 55.3 Å². The van der Waals surface area contributed by atoms with Crippen molar-refractivity contribution in [3.8, 4) is 11.4 Å². The minimum absolute atomic E-state index is 0.105. The number of hydrogen-bond donors (Lipinski definition) is 0. The lowest BCUT2D eigenvalue weighted by molar-refractivity contribution is 0.0614. The molecule has 2 aromatic carbocycles. The van der Waals surface area contributed by atoms with Crippen LogP contribution in [0.25, 0.3) is 11.4 Å². The molecule has 4 rings (SSSR count). The molecule has 0 unspecified atom stereocenters. The quantitative estimate of drug-likeness (QED) is 0.651. The van der Waals surface area contributed by atoms with Crippen LogP contribution in [0.3, 0.4) is 0 Å². The van der Waals surface area contributed by atoms with Gasteiger partial charge in [0.25, 0.3) is 5.91 Å². The van der Waals surface area contributed by atoms with E-state index in [4.69, 9.17) is 16.1 Å². The van der Waals surface area contributed by atoms with Gasteiger partial charge >= 0.3 is 0 Å². The van der Waals surface area contributed by atoms with E-state index in [-0.39, 0.29) is 5.91 Å². The highest BCUT2D eigenvalue weighted by Gasteiger charge is 2.24. The van der Waals surface area contributed by atoms with Crippen molar-refractivity contribution < 1.29 is 9.32 Å². The van der Waals surface area contributed by atoms with E-state index in [0.717, 1.165) is 35.3 Å². The normalized spacial score (nSPS) is 14.9. The maximum Gasteiger partial charge on any atom is 0.254 e. The van der Waals surface area contributed by atoms with E-state index in [2.05, 4.69) is 15.0 Å². The van der Waals surface area contributed by atoms with Crippen LogP contribution in [0.4, 0.5) is 0 Å². The van der Waals surface area contributed by atoms with Crippen LogP contribution in [0.2, 0.25) is 5.02 Å². The minimum Gasteiger partial charge on any atom is -0.338 e. The highest BCUT2D eigenvalue weighted by molar-refractivity contribution is 6.30. The number of rotatable bonds is 4. The number of hydrogen-bond acceptors (Lipinski definition) is 5. The Morgan fingerprint density at radius 3 is 2.52 bits per heavy atom. The van der Waals surface area contributed by atoms with Crippen LogP contribution in [0.5, 0.6) is 0 Å². The lowest BCUT2D eigenvalue weighted by Crippen LogP contribution is -2.48. The first-order valence-electron chi connectivity index (χ1n) is 9.67. The fraction of sp³-hybridized carbons (Fsp3) is 0.318. The Labute approximate surface area is 175 Å². The van der Waals surface area contributed by atoms with E-state index in [1.165, 1.54) is 0 Å². The van der Waals surface area contributed by atoms with E-state index >= 15 is 0 Å². The van der Waals surface area contributed by atoms with Crippen molar-refractivity contribution in [2.45, 2.75) is 20.4 Å². The Bertz CT molecular complexity index is 1010. The van der Waals surface area contributed by atoms with Gasteiger partial charge in [-0.25, -0.2) is 0 Å². The SMILES string of the molecule is Cc1cccc(C(=O)N2CCN(Cc3nc(-c4ccc(Cl)cc4)no3)CC2)c1C. The molecule has 2 heterocycles. The van der Waals surface area contributed by atoms with Gasteiger partial charge in [0.15, 0.2) is 0 Å². The topological polar surface area (TPSA) is 62.5 Å². The highest BCUT2D eigenvalue weighted by Crippen LogP contribution is 2.20. The zero-order valence-corrected chi connectivity index (χ0v) is 17.3. The molecule has 0 N–H and O–H groups in total. The average molecular weight is 411 g/mol. The lowest BCUT2D eigenvalue weighted by Gasteiger charge is -2.34. The number of piperazine rings is 1. The van der Waals surface area contributed by atoms with Crippen LogP contribution in [-0.4, -0.2) is 52.0 Å². The molecule has 0 saturated carbocycles. The third-order valence-electron chi connectivity index (χ3n) is 5.42. The summed E-state index contributed by atoms with van der Waals surface area (Å²) in [5.41, 5.74) is 3.86. The number of benzene rings is 2. The Kier molecular flexibility index (Phi) is 5.65. The second-order valence-electron chi connectivity index (χ2n) is 7.33. The lowest BCUT2D eigenvalue weighted by atomic mass is 10.0. The summed E-state index contributed by atoms with van der Waals surface area (Å²) in [5.74, 6) is 1.23. The number of carbonyl (C=O) groups excluding carboxylic acids is 1. The van der Waals surface area contributed by atoms with E-state index in [0.29, 0.717) is 36.4 Å². The summed E-state index contributed by atoms with van der Waals surface area (Å²) in [6, 6.07) is 13.2. The fourth-order valence-electron chi connectivity index (χ4n) is 3.49. The van der Waals surface area contributed by atoms with Crippen LogP contribution in [0, 0.1) is 13.8 Å². The number of aromatic nitrogens is 2. The van der Waals surface area contributed by atoms with Gasteiger partial charge in [-0.1, -0.05) is 28.9 Å². The molecule has 3 aromatic rings. The Morgan fingerprint density at radius 1 is 1.07 bits per heavy atom. The molecular formula is C22H23ClN4O2. The predicted octanol–water partition coefficient (Wildman–Crippen LogP) is 3.96. The Balaban J connectivity index is 1.35. The second kappa shape index (κ2) is 8.35. The predicted molar refractivity (Wildman–Crippen MR) is 112 cm³/mol. The van der Waals surface area contributed by atoms with E-state index in [9.17, 15) is 4.79 Å². The van der Waals surface area contributed by atoms with Crippen LogP contribution in [0.1, 0.15) is 27.4 Å². The molecule has 0 radical (unpaired) electrons. The van der Waals surface area contributed by atoms with Gasteiger partial charge in [-0.3, -0.25) is 9.69 Å². The van der Waals surface area contributed by atoms with E-state index in [1.54, 1.807) is 12.1 Å². The molecule has 0 bridgehead atoms. The molecule has 1 aliphatic heterocycles. The molecule has 1 aliphatic rings. The highest BCUT2D eigenvalue weighted by atomic mass is 35.5. The zero-order chi connectivity index (χ0) is 20.4. The van der Waals surface area contributed by atoms with Gasteiger partial charge in [0, 0.05) is 42.3 Å². The number of nitrogens with zero attached hydrogens (tertiary/aromatic N) is 4. The van der Waals surface area contributed by atoms with Gasteiger partial charge in [-0.15, -0.1) is 0 Å². The van der Waals surface area contributed by atoms with Crippen LogP contribution >= 0.6 is 11.6 Å². The van der Waals surface area contributed by atoms with Crippen LogP contribution in [0.15, 0.2) is 47.0 Å². The molecule has 0 aliphatic carbocycles. The largest absolute Gasteiger partial charge is 0.338 e. The van der Waals surface area contributed by atoms with Crippen molar-refractivity contribution in [1.82, 2.24) is 19.9 Å². The molecule has 6 nitrogen and oxygen atoms in total. The Hall–Kier alpha value is -2.70. The molecule has 1 fully saturated rings. The number of aryl methyl sites for hydroxylation is 1. The van der Waals surface area contributed by atoms with Crippen LogP contribution < -0.4 is 0 Å². The third kappa shape index (κ3) is 4.33. The summed E-state index contributed by atoms with van der Waals surface area (Å²) in [4.78, 5) is 21.5. The molecule has 0 spiro atoms. The third-order valence-corrected chi connectivity index (χ3v) is 5.68. The van der Waals surface area contributed by atoms with Gasteiger partial charge in [0.05, 0.1) is 6.54 Å². The number of carbonyl (C=O) groups is 1. The molecule has 29 heavy (non-hydrogen) atoms. The summed E-state index contributed by atoms with van der Waals surface area (Å²) in [6.07, 6.45) is 0. The molecule has 1 saturated heterocycles. The molecule has 1 aromatic heterocycles. The van der Waals surface area contributed by atoms with Crippen molar-refractivity contribution >= 4 is 17.5 Å². The van der Waals surface area contributed by atoms with Crippen molar-refractivity contribution in [2.24, 2.45) is 0 Å². The zero-order valence-electron chi connectivity index (χ0n) is 16.6. The van der Waals surface area contributed by atoms with Crippen molar-refractivity contribution in [3.05, 3.63) is 70.1 Å². The summed E-state index contributed by atoms with van der Waals surface area (Å²) >= 11 is 5.92. The first kappa shape index (κ1) is 19.6. The van der Waals surface area contributed by atoms with Crippen LogP contribution in [-0.2, 0) is 6.54 Å². The van der Waals surface area contributed by atoms with Gasteiger partial charge in [0.2, 0.25) is 11.7 Å². The number of amides is 1. The summed E-state index contributed by atoms with van der Waals surface area (Å²) in [5, 5.41) is 4.73. The van der Waals surface area contributed by atoms with Crippen molar-refractivity contribution in [1.29, 1.82) is 0 Å². The maximum atomic E-state index is 12.9. The minimum atomic E-state index is 0.105. The first-order valence-corrected chi connectivity index (χ1v) is 10.1. The molecule has 0 atom stereocenters. The molecular weight excluding hydrogens is 388 g/mol. The van der Waals surface area contributed by atoms with Gasteiger partial charge in [-0.2, -0.15) is 4.98 Å². The van der Waals surface area contributed by atoms with Gasteiger partial charge < -0.3 is 9.42 Å². The Morgan fingerprint density at radius 2 is 1.79 bits per heavy atom. The van der Waals surface area contributed by atoms with E-state index < -0.39 is 0 Å². The smallest absolute Gasteiger partial charge is 0.254 e. The monoisotopic (exact) mass is 410 g/mol. The average Bonchev–Trinajstić information content (AvgIpc) is 3.19. The van der Waals surface area contributed by atoms with Crippen molar-refractivity contribution in [2.75, 3.05) is 26.2 Å².